The molecule has 0 bridgehead atoms. The Hall–Kier alpha value is -1.59. The van der Waals surface area contributed by atoms with E-state index in [1.54, 1.807) is 38.1 Å². The first kappa shape index (κ1) is 14.5. The number of rotatable bonds is 5. The Morgan fingerprint density at radius 3 is 2.28 bits per heavy atom. The van der Waals surface area contributed by atoms with Gasteiger partial charge in [0.05, 0.1) is 6.04 Å². The number of methoxy groups -OCH3 is 2. The molecule has 0 radical (unpaired) electrons. The van der Waals surface area contributed by atoms with E-state index in [1.807, 2.05) is 6.07 Å². The van der Waals surface area contributed by atoms with E-state index in [0.717, 1.165) is 0 Å². The van der Waals surface area contributed by atoms with Gasteiger partial charge in [-0.2, -0.15) is 0 Å². The summed E-state index contributed by atoms with van der Waals surface area (Å²) in [7, 11) is 3.04. The van der Waals surface area contributed by atoms with Gasteiger partial charge in [-0.1, -0.05) is 18.2 Å². The summed E-state index contributed by atoms with van der Waals surface area (Å²) in [6.07, 6.45) is -0.547. The summed E-state index contributed by atoms with van der Waals surface area (Å²) in [5, 5.41) is 2.66. The lowest BCUT2D eigenvalue weighted by Crippen LogP contribution is -2.52. The molecule has 1 amide bonds. The highest BCUT2D eigenvalue weighted by molar-refractivity contribution is 5.70. The van der Waals surface area contributed by atoms with Crippen molar-refractivity contribution in [1.29, 1.82) is 0 Å². The van der Waals surface area contributed by atoms with Crippen LogP contribution in [-0.4, -0.2) is 32.1 Å². The van der Waals surface area contributed by atoms with Crippen LogP contribution in [0.2, 0.25) is 0 Å². The van der Waals surface area contributed by atoms with Crippen molar-refractivity contribution >= 4 is 6.09 Å². The van der Waals surface area contributed by atoms with Gasteiger partial charge in [-0.3, -0.25) is 0 Å². The second kappa shape index (κ2) is 6.37. The molecule has 0 saturated carbocycles. The summed E-state index contributed by atoms with van der Waals surface area (Å²) < 4.78 is 15.5. The first-order valence-electron chi connectivity index (χ1n) is 5.65. The van der Waals surface area contributed by atoms with Gasteiger partial charge in [0.25, 0.3) is 0 Å². The lowest BCUT2D eigenvalue weighted by atomic mass is 10.1. The molecule has 1 unspecified atom stereocenters. The Balaban J connectivity index is 2.55. The molecule has 0 saturated heterocycles. The molecule has 100 valence electrons. The number of carbonyl (C=O) groups is 1. The fourth-order valence-corrected chi connectivity index (χ4v) is 1.37. The van der Waals surface area contributed by atoms with Crippen LogP contribution in [0.5, 0.6) is 5.75 Å². The normalized spacial score (nSPS) is 12.9. The van der Waals surface area contributed by atoms with Gasteiger partial charge < -0.3 is 19.5 Å². The molecule has 18 heavy (non-hydrogen) atoms. The van der Waals surface area contributed by atoms with Crippen molar-refractivity contribution in [3.63, 3.8) is 0 Å². The largest absolute Gasteiger partial charge is 0.412 e. The molecule has 0 aliphatic rings. The number of nitrogens with one attached hydrogen (secondary N) is 1. The third-order valence-electron chi connectivity index (χ3n) is 2.89. The third kappa shape index (κ3) is 3.72. The van der Waals surface area contributed by atoms with Crippen molar-refractivity contribution in [3.05, 3.63) is 30.3 Å². The Labute approximate surface area is 107 Å². The van der Waals surface area contributed by atoms with Crippen LogP contribution >= 0.6 is 0 Å². The maximum absolute atomic E-state index is 11.7. The van der Waals surface area contributed by atoms with E-state index in [1.165, 1.54) is 14.2 Å². The van der Waals surface area contributed by atoms with Gasteiger partial charge >= 0.3 is 6.09 Å². The molecular formula is C13H19NO4. The number of carbonyl (C=O) groups excluding carboxylic acids is 1. The van der Waals surface area contributed by atoms with E-state index in [4.69, 9.17) is 14.2 Å². The van der Waals surface area contributed by atoms with Crippen molar-refractivity contribution in [3.8, 4) is 5.75 Å². The molecule has 0 heterocycles. The highest BCUT2D eigenvalue weighted by atomic mass is 16.7. The van der Waals surface area contributed by atoms with Gasteiger partial charge in [-0.15, -0.1) is 0 Å². The molecule has 1 N–H and O–H groups in total. The molecule has 5 heteroatoms. The summed E-state index contributed by atoms with van der Waals surface area (Å²) in [5.41, 5.74) is 0. The molecule has 0 aliphatic heterocycles. The van der Waals surface area contributed by atoms with Crippen LogP contribution in [0, 0.1) is 0 Å². The molecule has 1 rings (SSSR count). The van der Waals surface area contributed by atoms with Crippen molar-refractivity contribution in [2.75, 3.05) is 14.2 Å². The van der Waals surface area contributed by atoms with E-state index in [0.29, 0.717) is 5.75 Å². The lowest BCUT2D eigenvalue weighted by molar-refractivity contribution is -0.207. The Morgan fingerprint density at radius 1 is 1.22 bits per heavy atom. The average Bonchev–Trinajstić information content (AvgIpc) is 2.38. The zero-order chi connectivity index (χ0) is 13.6. The number of hydrogen-bond acceptors (Lipinski definition) is 4. The van der Waals surface area contributed by atoms with E-state index in [-0.39, 0.29) is 6.04 Å². The van der Waals surface area contributed by atoms with Crippen molar-refractivity contribution < 1.29 is 19.0 Å². The Bertz CT molecular complexity index is 376. The Kier molecular flexibility index (Phi) is 5.12. The minimum atomic E-state index is -0.893. The first-order chi connectivity index (χ1) is 8.51. The first-order valence-corrected chi connectivity index (χ1v) is 5.65. The van der Waals surface area contributed by atoms with Gasteiger partial charge in [0.15, 0.2) is 5.79 Å². The highest BCUT2D eigenvalue weighted by Gasteiger charge is 2.32. The second-order valence-corrected chi connectivity index (χ2v) is 3.99. The van der Waals surface area contributed by atoms with E-state index in [9.17, 15) is 4.79 Å². The van der Waals surface area contributed by atoms with E-state index in [2.05, 4.69) is 5.32 Å². The number of para-hydroxylation sites is 1. The third-order valence-corrected chi connectivity index (χ3v) is 2.89. The smallest absolute Gasteiger partial charge is 0.410 e. The molecule has 5 nitrogen and oxygen atoms in total. The number of ether oxygens (including phenoxy) is 3. The van der Waals surface area contributed by atoms with E-state index < -0.39 is 11.9 Å². The van der Waals surface area contributed by atoms with Crippen LogP contribution in [0.4, 0.5) is 4.79 Å². The summed E-state index contributed by atoms with van der Waals surface area (Å²) in [6.45, 7) is 3.51. The minimum absolute atomic E-state index is 0.358. The fourth-order valence-electron chi connectivity index (χ4n) is 1.37. The fraction of sp³-hybridized carbons (Fsp3) is 0.462. The predicted octanol–water partition coefficient (Wildman–Crippen LogP) is 2.17. The monoisotopic (exact) mass is 253 g/mol. The molecule has 0 fully saturated rings. The molecule has 1 atom stereocenters. The zero-order valence-corrected chi connectivity index (χ0v) is 11.1. The highest BCUT2D eigenvalue weighted by Crippen LogP contribution is 2.16. The van der Waals surface area contributed by atoms with Gasteiger partial charge in [0.1, 0.15) is 5.75 Å². The van der Waals surface area contributed by atoms with Gasteiger partial charge in [-0.05, 0) is 26.0 Å². The topological polar surface area (TPSA) is 56.8 Å². The van der Waals surface area contributed by atoms with Crippen LogP contribution in [0.25, 0.3) is 0 Å². The van der Waals surface area contributed by atoms with E-state index >= 15 is 0 Å². The maximum atomic E-state index is 11.7. The quantitative estimate of drug-likeness (QED) is 0.817. The van der Waals surface area contributed by atoms with Crippen molar-refractivity contribution in [1.82, 2.24) is 5.32 Å². The molecule has 1 aromatic rings. The molecular weight excluding hydrogens is 234 g/mol. The van der Waals surface area contributed by atoms with Crippen LogP contribution < -0.4 is 10.1 Å². The summed E-state index contributed by atoms with van der Waals surface area (Å²) in [5.74, 6) is -0.408. The SMILES string of the molecule is COC(C)(OC)C(C)NC(=O)Oc1ccccc1. The Morgan fingerprint density at radius 2 is 1.78 bits per heavy atom. The maximum Gasteiger partial charge on any atom is 0.412 e. The summed E-state index contributed by atoms with van der Waals surface area (Å²) in [6, 6.07) is 8.48. The van der Waals surface area contributed by atoms with Crippen LogP contribution in [0.15, 0.2) is 30.3 Å². The predicted molar refractivity (Wildman–Crippen MR) is 67.5 cm³/mol. The zero-order valence-electron chi connectivity index (χ0n) is 11.1. The molecule has 0 aliphatic carbocycles. The van der Waals surface area contributed by atoms with Crippen LogP contribution in [0.1, 0.15) is 13.8 Å². The number of hydrogen-bond donors (Lipinski definition) is 1. The molecule has 0 spiro atoms. The van der Waals surface area contributed by atoms with Crippen LogP contribution in [0.3, 0.4) is 0 Å². The van der Waals surface area contributed by atoms with Gasteiger partial charge in [0, 0.05) is 14.2 Å². The average molecular weight is 253 g/mol. The lowest BCUT2D eigenvalue weighted by Gasteiger charge is -2.32. The summed E-state index contributed by atoms with van der Waals surface area (Å²) in [4.78, 5) is 11.7. The molecule has 0 aromatic heterocycles. The summed E-state index contributed by atoms with van der Waals surface area (Å²) >= 11 is 0. The molecule has 1 aromatic carbocycles. The van der Waals surface area contributed by atoms with Crippen LogP contribution in [-0.2, 0) is 9.47 Å². The minimum Gasteiger partial charge on any atom is -0.410 e. The standard InChI is InChI=1S/C13H19NO4/c1-10(13(2,16-3)17-4)14-12(15)18-11-8-6-5-7-9-11/h5-10H,1-4H3,(H,14,15). The van der Waals surface area contributed by atoms with Crippen molar-refractivity contribution in [2.24, 2.45) is 0 Å². The van der Waals surface area contributed by atoms with Gasteiger partial charge in [0.2, 0.25) is 0 Å². The number of amides is 1. The number of benzene rings is 1. The van der Waals surface area contributed by atoms with Crippen molar-refractivity contribution in [2.45, 2.75) is 25.7 Å². The van der Waals surface area contributed by atoms with Gasteiger partial charge in [-0.25, -0.2) is 4.79 Å². The second-order valence-electron chi connectivity index (χ2n) is 3.99.